The molecule has 0 fully saturated rings. The van der Waals surface area contributed by atoms with Crippen molar-refractivity contribution in [2.75, 3.05) is 12.4 Å². The first-order valence-corrected chi connectivity index (χ1v) is 7.45. The number of amides is 1. The lowest BCUT2D eigenvalue weighted by Crippen LogP contribution is -2.17. The summed E-state index contributed by atoms with van der Waals surface area (Å²) in [5.41, 5.74) is -0.232. The van der Waals surface area contributed by atoms with Crippen LogP contribution in [-0.2, 0) is 22.1 Å². The predicted octanol–water partition coefficient (Wildman–Crippen LogP) is 3.34. The Balaban J connectivity index is 2.22. The molecule has 2 heterocycles. The molecule has 0 spiro atoms. The Labute approximate surface area is 138 Å². The van der Waals surface area contributed by atoms with Gasteiger partial charge in [0.15, 0.2) is 5.13 Å². The topological polar surface area (TPSA) is 81.4 Å². The van der Waals surface area contributed by atoms with Crippen LogP contribution < -0.4 is 5.32 Å². The van der Waals surface area contributed by atoms with Crippen LogP contribution in [0, 0.1) is 13.8 Å². The van der Waals surface area contributed by atoms with Gasteiger partial charge in [-0.15, -0.1) is 11.3 Å². The normalized spacial score (nSPS) is 11.4. The van der Waals surface area contributed by atoms with Crippen molar-refractivity contribution >= 4 is 28.3 Å². The van der Waals surface area contributed by atoms with E-state index in [1.807, 2.05) is 0 Å². The fourth-order valence-corrected chi connectivity index (χ4v) is 2.74. The first-order chi connectivity index (χ1) is 11.1. The van der Waals surface area contributed by atoms with E-state index in [1.165, 1.54) is 14.0 Å². The molecule has 1 N–H and O–H groups in total. The van der Waals surface area contributed by atoms with E-state index in [9.17, 15) is 22.8 Å². The van der Waals surface area contributed by atoms with Crippen LogP contribution in [0.3, 0.4) is 0 Å². The van der Waals surface area contributed by atoms with Crippen molar-refractivity contribution in [1.29, 1.82) is 0 Å². The van der Waals surface area contributed by atoms with Gasteiger partial charge in [-0.05, 0) is 19.9 Å². The molecule has 6 nitrogen and oxygen atoms in total. The van der Waals surface area contributed by atoms with E-state index in [-0.39, 0.29) is 17.3 Å². The fraction of sp³-hybridized carbons (Fsp3) is 0.357. The number of furan rings is 1. The summed E-state index contributed by atoms with van der Waals surface area (Å²) in [5, 5.41) is 2.38. The summed E-state index contributed by atoms with van der Waals surface area (Å²) in [7, 11) is 1.23. The standard InChI is InChI=1S/C14H13F3N2O4S/c1-6-4-8(11(23-6)14(15,16)17)12(21)19-13-18-9(7(2)24-13)5-10(20)22-3/h4H,5H2,1-3H3,(H,18,19,21). The lowest BCUT2D eigenvalue weighted by molar-refractivity contribution is -0.153. The highest BCUT2D eigenvalue weighted by atomic mass is 32.1. The first-order valence-electron chi connectivity index (χ1n) is 6.64. The van der Waals surface area contributed by atoms with Gasteiger partial charge in [-0.2, -0.15) is 13.2 Å². The van der Waals surface area contributed by atoms with Gasteiger partial charge < -0.3 is 9.15 Å². The van der Waals surface area contributed by atoms with Crippen LogP contribution in [0.5, 0.6) is 0 Å². The summed E-state index contributed by atoms with van der Waals surface area (Å²) < 4.78 is 47.7. The lowest BCUT2D eigenvalue weighted by atomic mass is 10.2. The number of esters is 1. The monoisotopic (exact) mass is 362 g/mol. The highest BCUT2D eigenvalue weighted by molar-refractivity contribution is 7.15. The average molecular weight is 362 g/mol. The Morgan fingerprint density at radius 1 is 1.38 bits per heavy atom. The van der Waals surface area contributed by atoms with Gasteiger partial charge in [0, 0.05) is 4.88 Å². The second kappa shape index (κ2) is 6.63. The zero-order valence-corrected chi connectivity index (χ0v) is 13.7. The van der Waals surface area contributed by atoms with Crippen LogP contribution >= 0.6 is 11.3 Å². The number of carbonyl (C=O) groups excluding carboxylic acids is 2. The number of alkyl halides is 3. The van der Waals surface area contributed by atoms with Gasteiger partial charge in [0.05, 0.1) is 24.8 Å². The molecular formula is C14H13F3N2O4S. The maximum Gasteiger partial charge on any atom is 0.450 e. The molecule has 0 radical (unpaired) electrons. The van der Waals surface area contributed by atoms with Crippen molar-refractivity contribution in [2.24, 2.45) is 0 Å². The van der Waals surface area contributed by atoms with E-state index >= 15 is 0 Å². The second-order valence-electron chi connectivity index (χ2n) is 4.83. The number of hydrogen-bond donors (Lipinski definition) is 1. The van der Waals surface area contributed by atoms with Crippen molar-refractivity contribution in [3.63, 3.8) is 0 Å². The summed E-state index contributed by atoms with van der Waals surface area (Å²) in [6.07, 6.45) is -4.87. The third kappa shape index (κ3) is 3.94. The van der Waals surface area contributed by atoms with Crippen LogP contribution in [0.2, 0.25) is 0 Å². The average Bonchev–Trinajstić information content (AvgIpc) is 3.02. The number of anilines is 1. The summed E-state index contributed by atoms with van der Waals surface area (Å²) in [5.74, 6) is -2.89. The smallest absolute Gasteiger partial charge is 0.450 e. The SMILES string of the molecule is COC(=O)Cc1nc(NC(=O)c2cc(C)oc2C(F)(F)F)sc1C. The molecule has 2 aromatic heterocycles. The van der Waals surface area contributed by atoms with Gasteiger partial charge in [-0.3, -0.25) is 14.9 Å². The molecule has 0 bridgehead atoms. The summed E-state index contributed by atoms with van der Waals surface area (Å²) in [6, 6.07) is 1.01. The van der Waals surface area contributed by atoms with E-state index in [0.717, 1.165) is 17.4 Å². The molecule has 2 rings (SSSR count). The zero-order valence-electron chi connectivity index (χ0n) is 12.9. The molecule has 0 aliphatic rings. The first kappa shape index (κ1) is 18.0. The number of rotatable bonds is 4. The van der Waals surface area contributed by atoms with Crippen molar-refractivity contribution in [3.8, 4) is 0 Å². The van der Waals surface area contributed by atoms with Gasteiger partial charge in [-0.1, -0.05) is 0 Å². The number of thiazole rings is 1. The van der Waals surface area contributed by atoms with E-state index < -0.39 is 29.4 Å². The van der Waals surface area contributed by atoms with E-state index in [0.29, 0.717) is 10.6 Å². The number of hydrogen-bond acceptors (Lipinski definition) is 6. The van der Waals surface area contributed by atoms with E-state index in [2.05, 4.69) is 19.5 Å². The molecule has 130 valence electrons. The van der Waals surface area contributed by atoms with E-state index in [4.69, 9.17) is 0 Å². The van der Waals surface area contributed by atoms with Gasteiger partial charge in [0.1, 0.15) is 5.76 Å². The Bertz CT molecular complexity index is 780. The summed E-state index contributed by atoms with van der Waals surface area (Å²) in [6.45, 7) is 2.99. The Hall–Kier alpha value is -2.36. The number of aromatic nitrogens is 1. The number of nitrogens with one attached hydrogen (secondary N) is 1. The molecule has 24 heavy (non-hydrogen) atoms. The minimum atomic E-state index is -4.78. The third-order valence-corrected chi connectivity index (χ3v) is 3.94. The van der Waals surface area contributed by atoms with Gasteiger partial charge in [-0.25, -0.2) is 4.98 Å². The van der Waals surface area contributed by atoms with Crippen LogP contribution in [-0.4, -0.2) is 24.0 Å². The van der Waals surface area contributed by atoms with Crippen molar-refractivity contribution in [1.82, 2.24) is 4.98 Å². The van der Waals surface area contributed by atoms with Crippen molar-refractivity contribution < 1.29 is 31.9 Å². The van der Waals surface area contributed by atoms with Crippen molar-refractivity contribution in [2.45, 2.75) is 26.4 Å². The molecule has 10 heteroatoms. The number of nitrogens with zero attached hydrogens (tertiary/aromatic N) is 1. The predicted molar refractivity (Wildman–Crippen MR) is 79.0 cm³/mol. The molecular weight excluding hydrogens is 349 g/mol. The van der Waals surface area contributed by atoms with Crippen LogP contribution in [0.25, 0.3) is 0 Å². The molecule has 0 unspecified atom stereocenters. The van der Waals surface area contributed by atoms with Gasteiger partial charge >= 0.3 is 12.1 Å². The largest absolute Gasteiger partial charge is 0.469 e. The summed E-state index contributed by atoms with van der Waals surface area (Å²) >= 11 is 1.05. The molecule has 0 saturated heterocycles. The van der Waals surface area contributed by atoms with E-state index in [1.54, 1.807) is 6.92 Å². The number of carbonyl (C=O) groups is 2. The van der Waals surface area contributed by atoms with Gasteiger partial charge in [0.2, 0.25) is 5.76 Å². The zero-order chi connectivity index (χ0) is 18.1. The molecule has 0 aliphatic heterocycles. The quantitative estimate of drug-likeness (QED) is 0.844. The molecule has 0 aromatic carbocycles. The number of methoxy groups -OCH3 is 1. The van der Waals surface area contributed by atoms with Crippen LogP contribution in [0.1, 0.15) is 32.4 Å². The maximum atomic E-state index is 12.9. The second-order valence-corrected chi connectivity index (χ2v) is 6.03. The highest BCUT2D eigenvalue weighted by Gasteiger charge is 2.40. The molecule has 0 saturated carbocycles. The number of ether oxygens (including phenoxy) is 1. The summed E-state index contributed by atoms with van der Waals surface area (Å²) in [4.78, 5) is 28.0. The minimum Gasteiger partial charge on any atom is -0.469 e. The lowest BCUT2D eigenvalue weighted by Gasteiger charge is -2.05. The molecule has 2 aromatic rings. The van der Waals surface area contributed by atoms with Crippen molar-refractivity contribution in [3.05, 3.63) is 33.7 Å². The highest BCUT2D eigenvalue weighted by Crippen LogP contribution is 2.34. The minimum absolute atomic E-state index is 0.0332. The molecule has 1 amide bonds. The maximum absolute atomic E-state index is 12.9. The van der Waals surface area contributed by atoms with Gasteiger partial charge in [0.25, 0.3) is 5.91 Å². The Kier molecular flexibility index (Phi) is 4.97. The Morgan fingerprint density at radius 2 is 2.04 bits per heavy atom. The van der Waals surface area contributed by atoms with Crippen LogP contribution in [0.15, 0.2) is 10.5 Å². The van der Waals surface area contributed by atoms with Crippen LogP contribution in [0.4, 0.5) is 18.3 Å². The fourth-order valence-electron chi connectivity index (χ4n) is 1.91. The molecule has 0 aliphatic carbocycles. The third-order valence-electron chi connectivity index (χ3n) is 3.01. The Morgan fingerprint density at radius 3 is 2.62 bits per heavy atom. The number of aryl methyl sites for hydroxylation is 2. The molecule has 0 atom stereocenters. The number of halogens is 3.